The fourth-order valence-corrected chi connectivity index (χ4v) is 6.15. The van der Waals surface area contributed by atoms with Gasteiger partial charge in [0.1, 0.15) is 0 Å². The summed E-state index contributed by atoms with van der Waals surface area (Å²) < 4.78 is 0. The van der Waals surface area contributed by atoms with Crippen molar-refractivity contribution < 1.29 is 9.90 Å². The highest BCUT2D eigenvalue weighted by Gasteiger charge is 1.98. The topological polar surface area (TPSA) is 37.3 Å². The van der Waals surface area contributed by atoms with Crippen molar-refractivity contribution in [1.82, 2.24) is 0 Å². The van der Waals surface area contributed by atoms with Gasteiger partial charge in [-0.05, 0) is 6.42 Å². The lowest BCUT2D eigenvalue weighted by molar-refractivity contribution is -0.137. The number of hydrogen-bond acceptors (Lipinski definition) is 1. The average molecular weight is 609 g/mol. The molecule has 0 amide bonds. The van der Waals surface area contributed by atoms with E-state index < -0.39 is 5.97 Å². The number of hydrogen-bond donors (Lipinski definition) is 1. The standard InChI is InChI=1S/C27H56.C14H28O2/c1-3-5-7-9-11-13-15-17-19-21-23-25-27-26-24-22-20-18-16-14-12-10-8-6-4-2;1-2-3-4-5-6-7-8-9-10-11-12-13-14(15)16/h3-27H2,1-2H3;2-13H2,1H3,(H,15,16). The molecule has 0 bridgehead atoms. The third kappa shape index (κ3) is 48.6. The molecule has 0 fully saturated rings. The molecule has 0 spiro atoms. The molecule has 0 aromatic rings. The number of unbranched alkanes of at least 4 members (excludes halogenated alkanes) is 34. The van der Waals surface area contributed by atoms with Gasteiger partial charge in [-0.25, -0.2) is 0 Å². The Labute approximate surface area is 273 Å². The van der Waals surface area contributed by atoms with E-state index in [1.807, 2.05) is 0 Å². The molecule has 1 N–H and O–H groups in total. The van der Waals surface area contributed by atoms with Crippen molar-refractivity contribution in [3.63, 3.8) is 0 Å². The minimum Gasteiger partial charge on any atom is -0.481 e. The molecule has 0 atom stereocenters. The van der Waals surface area contributed by atoms with Gasteiger partial charge in [-0.15, -0.1) is 0 Å². The smallest absolute Gasteiger partial charge is 0.303 e. The first-order valence-electron chi connectivity index (χ1n) is 20.4. The maximum atomic E-state index is 10.3. The second-order valence-electron chi connectivity index (χ2n) is 13.8. The van der Waals surface area contributed by atoms with Gasteiger partial charge in [0.15, 0.2) is 0 Å². The Morgan fingerprint density at radius 2 is 0.419 bits per heavy atom. The van der Waals surface area contributed by atoms with Gasteiger partial charge in [-0.1, -0.05) is 245 Å². The van der Waals surface area contributed by atoms with Crippen molar-refractivity contribution in [2.45, 2.75) is 258 Å². The first kappa shape index (κ1) is 44.6. The first-order chi connectivity index (χ1) is 21.2. The Morgan fingerprint density at radius 3 is 0.558 bits per heavy atom. The SMILES string of the molecule is CCCCCCCCCCCCCC(=O)O.CCCCCCCCCCCCCCCCCCCCCCCCCCC. The molecular weight excluding hydrogens is 524 g/mol. The zero-order valence-electron chi connectivity index (χ0n) is 30.5. The molecule has 0 aromatic carbocycles. The van der Waals surface area contributed by atoms with Gasteiger partial charge in [-0.2, -0.15) is 0 Å². The van der Waals surface area contributed by atoms with Crippen LogP contribution in [0, 0.1) is 0 Å². The lowest BCUT2D eigenvalue weighted by Gasteiger charge is -2.04. The summed E-state index contributed by atoms with van der Waals surface area (Å²) >= 11 is 0. The lowest BCUT2D eigenvalue weighted by Crippen LogP contribution is -1.93. The van der Waals surface area contributed by atoms with Crippen LogP contribution in [0.15, 0.2) is 0 Å². The predicted molar refractivity (Wildman–Crippen MR) is 195 cm³/mol. The molecule has 0 heterocycles. The monoisotopic (exact) mass is 609 g/mol. The summed E-state index contributed by atoms with van der Waals surface area (Å²) in [5, 5.41) is 8.46. The van der Waals surface area contributed by atoms with Crippen LogP contribution >= 0.6 is 0 Å². The van der Waals surface area contributed by atoms with E-state index >= 15 is 0 Å². The van der Waals surface area contributed by atoms with Gasteiger partial charge in [-0.3, -0.25) is 4.79 Å². The normalized spacial score (nSPS) is 11.0. The van der Waals surface area contributed by atoms with E-state index in [0.29, 0.717) is 6.42 Å². The largest absolute Gasteiger partial charge is 0.481 e. The summed E-state index contributed by atoms with van der Waals surface area (Å²) in [6.45, 7) is 6.85. The van der Waals surface area contributed by atoms with Crippen LogP contribution in [0.5, 0.6) is 0 Å². The van der Waals surface area contributed by atoms with E-state index in [9.17, 15) is 4.79 Å². The molecule has 0 radical (unpaired) electrons. The summed E-state index contributed by atoms with van der Waals surface area (Å²) in [5.41, 5.74) is 0. The van der Waals surface area contributed by atoms with Crippen molar-refractivity contribution in [2.24, 2.45) is 0 Å². The molecule has 0 aliphatic carbocycles. The molecule has 2 heteroatoms. The van der Waals surface area contributed by atoms with Crippen molar-refractivity contribution >= 4 is 5.97 Å². The van der Waals surface area contributed by atoms with Crippen LogP contribution in [0.3, 0.4) is 0 Å². The van der Waals surface area contributed by atoms with E-state index in [2.05, 4.69) is 20.8 Å². The van der Waals surface area contributed by atoms with E-state index in [4.69, 9.17) is 5.11 Å². The van der Waals surface area contributed by atoms with Crippen molar-refractivity contribution in [3.8, 4) is 0 Å². The van der Waals surface area contributed by atoms with E-state index in [1.165, 1.54) is 218 Å². The first-order valence-corrected chi connectivity index (χ1v) is 20.4. The highest BCUT2D eigenvalue weighted by molar-refractivity contribution is 5.66. The maximum Gasteiger partial charge on any atom is 0.303 e. The molecule has 0 saturated heterocycles. The van der Waals surface area contributed by atoms with Crippen LogP contribution in [0.25, 0.3) is 0 Å². The second kappa shape index (κ2) is 43.6. The fourth-order valence-electron chi connectivity index (χ4n) is 6.15. The van der Waals surface area contributed by atoms with Crippen LogP contribution in [0.1, 0.15) is 258 Å². The van der Waals surface area contributed by atoms with Crippen LogP contribution in [0.2, 0.25) is 0 Å². The molecule has 43 heavy (non-hydrogen) atoms. The Balaban J connectivity index is 0. The summed E-state index contributed by atoms with van der Waals surface area (Å²) in [4.78, 5) is 10.3. The summed E-state index contributed by atoms with van der Waals surface area (Å²) in [7, 11) is 0. The molecule has 2 nitrogen and oxygen atoms in total. The van der Waals surface area contributed by atoms with E-state index in [1.54, 1.807) is 0 Å². The molecule has 0 aromatic heterocycles. The lowest BCUT2D eigenvalue weighted by atomic mass is 10.0. The van der Waals surface area contributed by atoms with Crippen LogP contribution in [0.4, 0.5) is 0 Å². The molecule has 0 aliphatic rings. The molecule has 0 saturated carbocycles. The van der Waals surface area contributed by atoms with Gasteiger partial charge in [0.2, 0.25) is 0 Å². The van der Waals surface area contributed by atoms with Crippen LogP contribution in [-0.4, -0.2) is 11.1 Å². The van der Waals surface area contributed by atoms with Crippen LogP contribution in [-0.2, 0) is 4.79 Å². The minimum absolute atomic E-state index is 0.344. The number of carboxylic acids is 1. The van der Waals surface area contributed by atoms with Gasteiger partial charge < -0.3 is 5.11 Å². The Bertz CT molecular complexity index is 450. The predicted octanol–water partition coefficient (Wildman–Crippen LogP) is 15.6. The van der Waals surface area contributed by atoms with Crippen molar-refractivity contribution in [1.29, 1.82) is 0 Å². The Hall–Kier alpha value is -0.530. The Morgan fingerprint density at radius 1 is 0.279 bits per heavy atom. The maximum absolute atomic E-state index is 10.3. The number of rotatable bonds is 36. The number of carbonyl (C=O) groups is 1. The van der Waals surface area contributed by atoms with Crippen LogP contribution < -0.4 is 0 Å². The highest BCUT2D eigenvalue weighted by Crippen LogP contribution is 2.16. The van der Waals surface area contributed by atoms with E-state index in [0.717, 1.165) is 12.8 Å². The quantitative estimate of drug-likeness (QED) is 0.0718. The second-order valence-corrected chi connectivity index (χ2v) is 13.8. The van der Waals surface area contributed by atoms with Gasteiger partial charge in [0.05, 0.1) is 0 Å². The van der Waals surface area contributed by atoms with Gasteiger partial charge in [0.25, 0.3) is 0 Å². The summed E-state index contributed by atoms with van der Waals surface area (Å²) in [5.74, 6) is -0.657. The highest BCUT2D eigenvalue weighted by atomic mass is 16.4. The molecule has 260 valence electrons. The summed E-state index contributed by atoms with van der Waals surface area (Å²) in [6.07, 6.45) is 51.3. The molecule has 0 unspecified atom stereocenters. The van der Waals surface area contributed by atoms with Crippen molar-refractivity contribution in [3.05, 3.63) is 0 Å². The summed E-state index contributed by atoms with van der Waals surface area (Å²) in [6, 6.07) is 0. The molecular formula is C41H84O2. The minimum atomic E-state index is -0.657. The Kier molecular flexibility index (Phi) is 45.2. The zero-order valence-corrected chi connectivity index (χ0v) is 30.5. The number of aliphatic carboxylic acids is 1. The molecule has 0 rings (SSSR count). The third-order valence-electron chi connectivity index (χ3n) is 9.20. The van der Waals surface area contributed by atoms with Gasteiger partial charge in [0, 0.05) is 6.42 Å². The van der Waals surface area contributed by atoms with Gasteiger partial charge >= 0.3 is 5.97 Å². The van der Waals surface area contributed by atoms with E-state index in [-0.39, 0.29) is 0 Å². The molecule has 0 aliphatic heterocycles. The zero-order chi connectivity index (χ0) is 31.7. The average Bonchev–Trinajstić information content (AvgIpc) is 3.00. The fraction of sp³-hybridized carbons (Fsp3) is 0.976. The van der Waals surface area contributed by atoms with Crippen molar-refractivity contribution in [2.75, 3.05) is 0 Å². The number of carboxylic acid groups (broad SMARTS) is 1. The third-order valence-corrected chi connectivity index (χ3v) is 9.20.